The Bertz CT molecular complexity index is 1260. The normalized spacial score (nSPS) is 12.2. The Morgan fingerprint density at radius 3 is 2.39 bits per heavy atom. The molecular weight excluding hydrogens is 464 g/mol. The molecule has 0 bridgehead atoms. The first-order chi connectivity index (χ1) is 15.5. The molecule has 33 heavy (non-hydrogen) atoms. The zero-order chi connectivity index (χ0) is 24.4. The van der Waals surface area contributed by atoms with Crippen LogP contribution in [0.4, 0.5) is 23.2 Å². The molecule has 12 heteroatoms. The molecule has 7 nitrogen and oxygen atoms in total. The van der Waals surface area contributed by atoms with E-state index in [2.05, 4.69) is 10.4 Å². The number of benzene rings is 2. The second-order valence-electron chi connectivity index (χ2n) is 6.87. The van der Waals surface area contributed by atoms with Crippen LogP contribution in [0.15, 0.2) is 59.8 Å². The highest BCUT2D eigenvalue weighted by molar-refractivity contribution is 7.89. The Hall–Kier alpha value is -3.25. The van der Waals surface area contributed by atoms with Gasteiger partial charge in [-0.25, -0.2) is 17.5 Å². The summed E-state index contributed by atoms with van der Waals surface area (Å²) >= 11 is 0. The molecule has 0 aliphatic carbocycles. The number of hydrogen-bond donors (Lipinski definition) is 1. The van der Waals surface area contributed by atoms with Gasteiger partial charge in [-0.2, -0.15) is 22.6 Å². The smallest absolute Gasteiger partial charge is 0.321 e. The SMILES string of the molecule is CCN(CC)S(=O)(=O)c1cc(C(=O)Nc2ccc(-n3cccn3)cc2C(F)(F)F)ccc1F. The van der Waals surface area contributed by atoms with Gasteiger partial charge in [0.05, 0.1) is 16.9 Å². The van der Waals surface area contributed by atoms with E-state index in [0.29, 0.717) is 0 Å². The van der Waals surface area contributed by atoms with Crippen molar-refractivity contribution in [2.24, 2.45) is 0 Å². The number of rotatable bonds is 7. The Morgan fingerprint density at radius 2 is 1.82 bits per heavy atom. The van der Waals surface area contributed by atoms with Crippen LogP contribution in [0.5, 0.6) is 0 Å². The van der Waals surface area contributed by atoms with Gasteiger partial charge in [-0.05, 0) is 42.5 Å². The molecule has 0 radical (unpaired) electrons. The maximum Gasteiger partial charge on any atom is 0.418 e. The number of amides is 1. The standard InChI is InChI=1S/C21H20F4N4O3S/c1-3-28(4-2)33(31,32)19-12-14(6-8-17(19)22)20(30)27-18-9-7-15(29-11-5-10-26-29)13-16(18)21(23,24)25/h5-13H,3-4H2,1-2H3,(H,27,30). The number of anilines is 1. The lowest BCUT2D eigenvalue weighted by molar-refractivity contribution is -0.136. The number of halogens is 4. The van der Waals surface area contributed by atoms with Crippen molar-refractivity contribution in [1.29, 1.82) is 0 Å². The largest absolute Gasteiger partial charge is 0.418 e. The fourth-order valence-electron chi connectivity index (χ4n) is 3.18. The van der Waals surface area contributed by atoms with Gasteiger partial charge < -0.3 is 5.32 Å². The van der Waals surface area contributed by atoms with Crippen LogP contribution in [0.2, 0.25) is 0 Å². The van der Waals surface area contributed by atoms with Gasteiger partial charge in [0.25, 0.3) is 5.91 Å². The Labute approximate surface area is 187 Å². The third-order valence-corrected chi connectivity index (χ3v) is 6.91. The van der Waals surface area contributed by atoms with E-state index in [1.165, 1.54) is 23.1 Å². The van der Waals surface area contributed by atoms with E-state index in [1.807, 2.05) is 0 Å². The number of sulfonamides is 1. The van der Waals surface area contributed by atoms with Crippen molar-refractivity contribution in [3.05, 3.63) is 71.8 Å². The highest BCUT2D eigenvalue weighted by Gasteiger charge is 2.35. The first-order valence-corrected chi connectivity index (χ1v) is 11.2. The van der Waals surface area contributed by atoms with E-state index >= 15 is 0 Å². The first kappa shape index (κ1) is 24.4. The summed E-state index contributed by atoms with van der Waals surface area (Å²) in [5.41, 5.74) is -1.85. The molecule has 3 rings (SSSR count). The lowest BCUT2D eigenvalue weighted by Crippen LogP contribution is -2.31. The minimum absolute atomic E-state index is 0.0756. The van der Waals surface area contributed by atoms with Crippen LogP contribution >= 0.6 is 0 Å². The minimum Gasteiger partial charge on any atom is -0.321 e. The molecule has 0 aliphatic rings. The van der Waals surface area contributed by atoms with Crippen molar-refractivity contribution in [3.63, 3.8) is 0 Å². The van der Waals surface area contributed by atoms with E-state index < -0.39 is 44.1 Å². The lowest BCUT2D eigenvalue weighted by atomic mass is 10.1. The van der Waals surface area contributed by atoms with Gasteiger partial charge in [0, 0.05) is 31.0 Å². The molecule has 0 unspecified atom stereocenters. The van der Waals surface area contributed by atoms with Gasteiger partial charge in [-0.3, -0.25) is 4.79 Å². The van der Waals surface area contributed by atoms with E-state index in [0.717, 1.165) is 34.6 Å². The van der Waals surface area contributed by atoms with Gasteiger partial charge in [0.15, 0.2) is 0 Å². The third kappa shape index (κ3) is 5.06. The number of aromatic nitrogens is 2. The molecule has 0 fully saturated rings. The molecule has 1 heterocycles. The topological polar surface area (TPSA) is 84.3 Å². The van der Waals surface area contributed by atoms with Crippen LogP contribution in [0.25, 0.3) is 5.69 Å². The fourth-order valence-corrected chi connectivity index (χ4v) is 4.73. The van der Waals surface area contributed by atoms with E-state index in [4.69, 9.17) is 0 Å². The average molecular weight is 484 g/mol. The van der Waals surface area contributed by atoms with Crippen molar-refractivity contribution in [2.75, 3.05) is 18.4 Å². The molecule has 0 atom stereocenters. The van der Waals surface area contributed by atoms with E-state index in [-0.39, 0.29) is 24.3 Å². The van der Waals surface area contributed by atoms with Crippen LogP contribution < -0.4 is 5.32 Å². The van der Waals surface area contributed by atoms with E-state index in [1.54, 1.807) is 19.9 Å². The summed E-state index contributed by atoms with van der Waals surface area (Å²) in [5.74, 6) is -2.10. The quantitative estimate of drug-likeness (QED) is 0.507. The van der Waals surface area contributed by atoms with Crippen LogP contribution in [-0.4, -0.2) is 41.5 Å². The number of hydrogen-bond acceptors (Lipinski definition) is 4. The van der Waals surface area contributed by atoms with Crippen molar-refractivity contribution in [1.82, 2.24) is 14.1 Å². The predicted molar refractivity (Wildman–Crippen MR) is 113 cm³/mol. The summed E-state index contributed by atoms with van der Waals surface area (Å²) in [6.07, 6.45) is -1.93. The number of carbonyl (C=O) groups excluding carboxylic acids is 1. The Morgan fingerprint density at radius 1 is 1.12 bits per heavy atom. The highest BCUT2D eigenvalue weighted by atomic mass is 32.2. The molecule has 176 valence electrons. The molecule has 2 aromatic carbocycles. The second-order valence-corrected chi connectivity index (χ2v) is 8.77. The van der Waals surface area contributed by atoms with Crippen LogP contribution in [0, 0.1) is 5.82 Å². The summed E-state index contributed by atoms with van der Waals surface area (Å²) in [6.45, 7) is 3.29. The van der Waals surface area contributed by atoms with Crippen molar-refractivity contribution in [3.8, 4) is 5.69 Å². The molecule has 1 amide bonds. The van der Waals surface area contributed by atoms with Crippen molar-refractivity contribution >= 4 is 21.6 Å². The Kier molecular flexibility index (Phi) is 6.89. The fraction of sp³-hybridized carbons (Fsp3) is 0.238. The van der Waals surface area contributed by atoms with Gasteiger partial charge in [0.1, 0.15) is 10.7 Å². The van der Waals surface area contributed by atoms with Crippen molar-refractivity contribution < 1.29 is 30.8 Å². The second kappa shape index (κ2) is 9.32. The summed E-state index contributed by atoms with van der Waals surface area (Å²) in [7, 11) is -4.23. The zero-order valence-corrected chi connectivity index (χ0v) is 18.4. The summed E-state index contributed by atoms with van der Waals surface area (Å²) < 4.78 is 82.8. The molecule has 0 saturated heterocycles. The maximum atomic E-state index is 14.3. The first-order valence-electron chi connectivity index (χ1n) is 9.81. The van der Waals surface area contributed by atoms with Gasteiger partial charge >= 0.3 is 6.18 Å². The van der Waals surface area contributed by atoms with E-state index in [9.17, 15) is 30.8 Å². The number of nitrogens with one attached hydrogen (secondary N) is 1. The third-order valence-electron chi connectivity index (χ3n) is 4.84. The van der Waals surface area contributed by atoms with Crippen LogP contribution in [0.3, 0.4) is 0 Å². The van der Waals surface area contributed by atoms with Crippen molar-refractivity contribution in [2.45, 2.75) is 24.9 Å². The number of carbonyl (C=O) groups is 1. The Balaban J connectivity index is 1.98. The molecular formula is C21H20F4N4O3S. The summed E-state index contributed by atoms with van der Waals surface area (Å²) in [4.78, 5) is 11.9. The monoisotopic (exact) mass is 484 g/mol. The number of alkyl halides is 3. The summed E-state index contributed by atoms with van der Waals surface area (Å²) in [6, 6.07) is 7.36. The highest BCUT2D eigenvalue weighted by Crippen LogP contribution is 2.36. The molecule has 0 spiro atoms. The van der Waals surface area contributed by atoms with Crippen LogP contribution in [-0.2, 0) is 16.2 Å². The van der Waals surface area contributed by atoms with Gasteiger partial charge in [0.2, 0.25) is 10.0 Å². The van der Waals surface area contributed by atoms with Gasteiger partial charge in [-0.1, -0.05) is 13.8 Å². The average Bonchev–Trinajstić information content (AvgIpc) is 3.29. The molecule has 3 aromatic rings. The maximum absolute atomic E-state index is 14.3. The minimum atomic E-state index is -4.80. The van der Waals surface area contributed by atoms with Gasteiger partial charge in [-0.15, -0.1) is 0 Å². The number of nitrogens with zero attached hydrogens (tertiary/aromatic N) is 3. The zero-order valence-electron chi connectivity index (χ0n) is 17.6. The predicted octanol–water partition coefficient (Wildman–Crippen LogP) is 4.31. The molecule has 1 aromatic heterocycles. The molecule has 1 N–H and O–H groups in total. The molecule has 0 saturated carbocycles. The molecule has 0 aliphatic heterocycles. The van der Waals surface area contributed by atoms with Crippen LogP contribution in [0.1, 0.15) is 29.8 Å². The lowest BCUT2D eigenvalue weighted by Gasteiger charge is -2.19. The summed E-state index contributed by atoms with van der Waals surface area (Å²) in [5, 5.41) is 6.02.